The lowest BCUT2D eigenvalue weighted by Gasteiger charge is -2.02. The molecule has 1 aromatic rings. The predicted molar refractivity (Wildman–Crippen MR) is 59.3 cm³/mol. The van der Waals surface area contributed by atoms with Crippen molar-refractivity contribution in [2.45, 2.75) is 13.3 Å². The van der Waals surface area contributed by atoms with Crippen LogP contribution in [-0.4, -0.2) is 6.61 Å². The Kier molecular flexibility index (Phi) is 4.37. The van der Waals surface area contributed by atoms with Gasteiger partial charge in [-0.1, -0.05) is 24.1 Å². The van der Waals surface area contributed by atoms with Gasteiger partial charge in [-0.15, -0.1) is 12.5 Å². The second kappa shape index (κ2) is 5.88. The molecule has 0 saturated heterocycles. The highest BCUT2D eigenvalue weighted by Gasteiger charge is 1.92. The molecule has 0 aromatic heterocycles. The molecule has 1 heteroatoms. The Morgan fingerprint density at radius 3 is 2.64 bits per heavy atom. The highest BCUT2D eigenvalue weighted by atomic mass is 16.5. The first-order valence-electron chi connectivity index (χ1n) is 4.59. The van der Waals surface area contributed by atoms with Crippen LogP contribution in [0.4, 0.5) is 0 Å². The minimum Gasteiger partial charge on any atom is -0.481 e. The standard InChI is InChI=1S/C13H14O/c1-3-5-11-14-13-9-7-12(6-4-2)8-10-13/h4,7-10H,2,6,11H2,1H3. The van der Waals surface area contributed by atoms with E-state index in [1.807, 2.05) is 30.3 Å². The minimum atomic E-state index is 0.456. The van der Waals surface area contributed by atoms with Gasteiger partial charge in [-0.3, -0.25) is 0 Å². The number of hydrogen-bond donors (Lipinski definition) is 0. The highest BCUT2D eigenvalue weighted by molar-refractivity contribution is 5.28. The zero-order valence-corrected chi connectivity index (χ0v) is 8.42. The first-order chi connectivity index (χ1) is 6.86. The van der Waals surface area contributed by atoms with Crippen molar-refractivity contribution >= 4 is 0 Å². The van der Waals surface area contributed by atoms with Crippen molar-refractivity contribution in [1.82, 2.24) is 0 Å². The second-order valence-electron chi connectivity index (χ2n) is 2.85. The zero-order valence-electron chi connectivity index (χ0n) is 8.42. The molecular weight excluding hydrogens is 172 g/mol. The molecule has 0 saturated carbocycles. The SMILES string of the molecule is C=CCc1ccc(OCC#CC)cc1. The molecule has 72 valence electrons. The maximum absolute atomic E-state index is 5.38. The van der Waals surface area contributed by atoms with Crippen LogP contribution in [0.25, 0.3) is 0 Å². The topological polar surface area (TPSA) is 9.23 Å². The molecule has 0 aliphatic heterocycles. The fourth-order valence-corrected chi connectivity index (χ4v) is 1.08. The molecule has 0 aliphatic carbocycles. The van der Waals surface area contributed by atoms with Crippen molar-refractivity contribution in [3.05, 3.63) is 42.5 Å². The highest BCUT2D eigenvalue weighted by Crippen LogP contribution is 2.12. The second-order valence-corrected chi connectivity index (χ2v) is 2.85. The number of benzene rings is 1. The van der Waals surface area contributed by atoms with Gasteiger partial charge >= 0.3 is 0 Å². The third kappa shape index (κ3) is 3.37. The van der Waals surface area contributed by atoms with Crippen molar-refractivity contribution in [3.63, 3.8) is 0 Å². The quantitative estimate of drug-likeness (QED) is 0.519. The molecule has 0 spiro atoms. The van der Waals surface area contributed by atoms with E-state index in [4.69, 9.17) is 4.74 Å². The number of ether oxygens (including phenoxy) is 1. The van der Waals surface area contributed by atoms with Gasteiger partial charge in [-0.05, 0) is 31.0 Å². The van der Waals surface area contributed by atoms with Crippen molar-refractivity contribution in [2.24, 2.45) is 0 Å². The van der Waals surface area contributed by atoms with E-state index in [1.54, 1.807) is 6.92 Å². The van der Waals surface area contributed by atoms with Crippen LogP contribution in [0.2, 0.25) is 0 Å². The maximum Gasteiger partial charge on any atom is 0.149 e. The summed E-state index contributed by atoms with van der Waals surface area (Å²) in [5.74, 6) is 6.49. The summed E-state index contributed by atoms with van der Waals surface area (Å²) in [7, 11) is 0. The van der Waals surface area contributed by atoms with Gasteiger partial charge in [0.25, 0.3) is 0 Å². The molecule has 0 atom stereocenters. The van der Waals surface area contributed by atoms with Crippen LogP contribution in [0.3, 0.4) is 0 Å². The zero-order chi connectivity index (χ0) is 10.2. The van der Waals surface area contributed by atoms with Gasteiger partial charge in [0.1, 0.15) is 12.4 Å². The summed E-state index contributed by atoms with van der Waals surface area (Å²) in [5, 5.41) is 0. The molecule has 0 aliphatic rings. The van der Waals surface area contributed by atoms with E-state index in [2.05, 4.69) is 18.4 Å². The van der Waals surface area contributed by atoms with Crippen molar-refractivity contribution in [3.8, 4) is 17.6 Å². The molecule has 14 heavy (non-hydrogen) atoms. The smallest absolute Gasteiger partial charge is 0.149 e. The van der Waals surface area contributed by atoms with E-state index in [9.17, 15) is 0 Å². The lowest BCUT2D eigenvalue weighted by molar-refractivity contribution is 0.370. The van der Waals surface area contributed by atoms with Crippen LogP contribution >= 0.6 is 0 Å². The molecule has 1 nitrogen and oxygen atoms in total. The molecule has 0 amide bonds. The Bertz CT molecular complexity index is 338. The van der Waals surface area contributed by atoms with Gasteiger partial charge in [0.15, 0.2) is 0 Å². The van der Waals surface area contributed by atoms with Gasteiger partial charge < -0.3 is 4.74 Å². The van der Waals surface area contributed by atoms with E-state index in [0.717, 1.165) is 12.2 Å². The summed E-state index contributed by atoms with van der Waals surface area (Å²) in [6.45, 7) is 5.95. The predicted octanol–water partition coefficient (Wildman–Crippen LogP) is 2.82. The lowest BCUT2D eigenvalue weighted by atomic mass is 10.1. The Morgan fingerprint density at radius 2 is 2.07 bits per heavy atom. The van der Waals surface area contributed by atoms with Gasteiger partial charge in [0.05, 0.1) is 0 Å². The minimum absolute atomic E-state index is 0.456. The van der Waals surface area contributed by atoms with Crippen molar-refractivity contribution in [2.75, 3.05) is 6.61 Å². The number of rotatable bonds is 4. The summed E-state index contributed by atoms with van der Waals surface area (Å²) in [6, 6.07) is 7.99. The molecule has 1 rings (SSSR count). The van der Waals surface area contributed by atoms with E-state index in [-0.39, 0.29) is 0 Å². The normalized spacial score (nSPS) is 8.64. The maximum atomic E-state index is 5.38. The third-order valence-corrected chi connectivity index (χ3v) is 1.79. The molecule has 0 heterocycles. The van der Waals surface area contributed by atoms with Crippen LogP contribution in [0.15, 0.2) is 36.9 Å². The Morgan fingerprint density at radius 1 is 1.36 bits per heavy atom. The molecule has 0 fully saturated rings. The van der Waals surface area contributed by atoms with E-state index < -0.39 is 0 Å². The monoisotopic (exact) mass is 186 g/mol. The van der Waals surface area contributed by atoms with E-state index in [0.29, 0.717) is 6.61 Å². The van der Waals surface area contributed by atoms with Crippen LogP contribution in [0, 0.1) is 11.8 Å². The summed E-state index contributed by atoms with van der Waals surface area (Å²) < 4.78 is 5.38. The largest absolute Gasteiger partial charge is 0.481 e. The van der Waals surface area contributed by atoms with E-state index in [1.165, 1.54) is 5.56 Å². The van der Waals surface area contributed by atoms with Crippen LogP contribution in [0.1, 0.15) is 12.5 Å². The average Bonchev–Trinajstić information content (AvgIpc) is 2.21. The Labute approximate surface area is 85.4 Å². The van der Waals surface area contributed by atoms with Gasteiger partial charge in [-0.2, -0.15) is 0 Å². The van der Waals surface area contributed by atoms with E-state index >= 15 is 0 Å². The molecule has 0 unspecified atom stereocenters. The lowest BCUT2D eigenvalue weighted by Crippen LogP contribution is -1.93. The van der Waals surface area contributed by atoms with Crippen molar-refractivity contribution < 1.29 is 4.74 Å². The fraction of sp³-hybridized carbons (Fsp3) is 0.231. The van der Waals surface area contributed by atoms with Crippen LogP contribution in [-0.2, 0) is 6.42 Å². The molecule has 0 radical (unpaired) electrons. The molecule has 0 bridgehead atoms. The molecular formula is C13H14O. The van der Waals surface area contributed by atoms with Crippen molar-refractivity contribution in [1.29, 1.82) is 0 Å². The van der Waals surface area contributed by atoms with Gasteiger partial charge in [0, 0.05) is 0 Å². The average molecular weight is 186 g/mol. The Balaban J connectivity index is 2.53. The fourth-order valence-electron chi connectivity index (χ4n) is 1.08. The first kappa shape index (κ1) is 10.4. The molecule has 1 aromatic carbocycles. The summed E-state index contributed by atoms with van der Waals surface area (Å²) in [6.07, 6.45) is 2.79. The number of allylic oxidation sites excluding steroid dienone is 1. The summed E-state index contributed by atoms with van der Waals surface area (Å²) in [5.41, 5.74) is 1.24. The summed E-state index contributed by atoms with van der Waals surface area (Å²) in [4.78, 5) is 0. The van der Waals surface area contributed by atoms with Gasteiger partial charge in [-0.25, -0.2) is 0 Å². The third-order valence-electron chi connectivity index (χ3n) is 1.79. The number of hydrogen-bond acceptors (Lipinski definition) is 1. The first-order valence-corrected chi connectivity index (χ1v) is 4.59. The van der Waals surface area contributed by atoms with Gasteiger partial charge in [0.2, 0.25) is 0 Å². The van der Waals surface area contributed by atoms with Crippen LogP contribution < -0.4 is 4.74 Å². The summed E-state index contributed by atoms with van der Waals surface area (Å²) >= 11 is 0. The Hall–Kier alpha value is -1.68. The molecule has 0 N–H and O–H groups in total. The van der Waals surface area contributed by atoms with Crippen LogP contribution in [0.5, 0.6) is 5.75 Å².